The van der Waals surface area contributed by atoms with E-state index in [0.717, 1.165) is 24.4 Å². The summed E-state index contributed by atoms with van der Waals surface area (Å²) < 4.78 is 1.36. The van der Waals surface area contributed by atoms with Gasteiger partial charge in [-0.3, -0.25) is 4.79 Å². The fraction of sp³-hybridized carbons (Fsp3) is 0.385. The lowest BCUT2D eigenvalue weighted by Gasteiger charge is -2.33. The molecule has 8 heteroatoms. The summed E-state index contributed by atoms with van der Waals surface area (Å²) in [5.41, 5.74) is 0.551. The van der Waals surface area contributed by atoms with Gasteiger partial charge in [0.2, 0.25) is 5.82 Å². The summed E-state index contributed by atoms with van der Waals surface area (Å²) in [7, 11) is 2.03. The number of fused-ring (bicyclic) bond motifs is 1. The standard InChI is InChI=1S/C13H13ClN4O2S/c1-16-2-4-17(5-3-16)11(8-19)18-10-6-9(14)7-15-12(10)21-13(18)20/h6-7H,2-5H2,1H3. The Morgan fingerprint density at radius 3 is 2.76 bits per heavy atom. The highest BCUT2D eigenvalue weighted by molar-refractivity contribution is 7.16. The van der Waals surface area contributed by atoms with Gasteiger partial charge in [0.15, 0.2) is 5.94 Å². The van der Waals surface area contributed by atoms with Crippen molar-refractivity contribution in [3.8, 4) is 0 Å². The van der Waals surface area contributed by atoms with E-state index in [1.165, 1.54) is 10.8 Å². The maximum absolute atomic E-state index is 12.2. The lowest BCUT2D eigenvalue weighted by atomic mass is 10.3. The highest BCUT2D eigenvalue weighted by Crippen LogP contribution is 2.22. The van der Waals surface area contributed by atoms with Crippen molar-refractivity contribution in [3.63, 3.8) is 0 Å². The van der Waals surface area contributed by atoms with E-state index < -0.39 is 0 Å². The van der Waals surface area contributed by atoms with Gasteiger partial charge in [-0.1, -0.05) is 22.9 Å². The fourth-order valence-electron chi connectivity index (χ4n) is 2.35. The van der Waals surface area contributed by atoms with E-state index in [0.29, 0.717) is 28.5 Å². The zero-order chi connectivity index (χ0) is 15.0. The van der Waals surface area contributed by atoms with Gasteiger partial charge in [0.25, 0.3) is 0 Å². The molecule has 0 saturated carbocycles. The van der Waals surface area contributed by atoms with Crippen molar-refractivity contribution in [2.75, 3.05) is 33.2 Å². The Hall–Kier alpha value is -1.66. The van der Waals surface area contributed by atoms with Gasteiger partial charge in [0, 0.05) is 32.4 Å². The Labute approximate surface area is 129 Å². The number of nitrogens with zero attached hydrogens (tertiary/aromatic N) is 4. The van der Waals surface area contributed by atoms with Crippen LogP contribution in [-0.2, 0) is 4.79 Å². The maximum Gasteiger partial charge on any atom is 0.315 e. The van der Waals surface area contributed by atoms with Crippen molar-refractivity contribution < 1.29 is 4.79 Å². The van der Waals surface area contributed by atoms with Crippen molar-refractivity contribution in [3.05, 3.63) is 27.0 Å². The maximum atomic E-state index is 12.2. The zero-order valence-electron chi connectivity index (χ0n) is 11.4. The number of rotatable bonds is 2. The molecule has 0 aliphatic carbocycles. The van der Waals surface area contributed by atoms with Crippen LogP contribution >= 0.6 is 22.9 Å². The number of piperazine rings is 1. The minimum atomic E-state index is -0.253. The van der Waals surface area contributed by atoms with Crippen LogP contribution in [0.25, 0.3) is 16.2 Å². The smallest absolute Gasteiger partial charge is 0.315 e. The summed E-state index contributed by atoms with van der Waals surface area (Å²) in [5, 5.41) is 0.428. The molecule has 0 atom stereocenters. The summed E-state index contributed by atoms with van der Waals surface area (Å²) in [6.07, 6.45) is 1.49. The summed E-state index contributed by atoms with van der Waals surface area (Å²) in [5.74, 6) is 2.15. The lowest BCUT2D eigenvalue weighted by Crippen LogP contribution is -2.45. The van der Waals surface area contributed by atoms with Crippen LogP contribution in [-0.4, -0.2) is 58.5 Å². The molecule has 0 bridgehead atoms. The predicted molar refractivity (Wildman–Crippen MR) is 83.4 cm³/mol. The highest BCUT2D eigenvalue weighted by Gasteiger charge is 2.22. The number of halogens is 1. The Morgan fingerprint density at radius 2 is 2.10 bits per heavy atom. The zero-order valence-corrected chi connectivity index (χ0v) is 12.9. The molecule has 1 saturated heterocycles. The number of hydrogen-bond donors (Lipinski definition) is 0. The number of pyridine rings is 1. The van der Waals surface area contributed by atoms with Crippen LogP contribution in [0.4, 0.5) is 0 Å². The summed E-state index contributed by atoms with van der Waals surface area (Å²) in [4.78, 5) is 32.1. The SMILES string of the molecule is CN1CCN(C(=C=O)n2c(=O)sc3ncc(Cl)cc32)CC1. The van der Waals surface area contributed by atoms with Gasteiger partial charge in [0.05, 0.1) is 10.5 Å². The average molecular weight is 325 g/mol. The minimum Gasteiger partial charge on any atom is -0.346 e. The number of thiazole rings is 1. The number of aromatic nitrogens is 2. The fourth-order valence-corrected chi connectivity index (χ4v) is 3.31. The molecule has 2 aromatic heterocycles. The van der Waals surface area contributed by atoms with Crippen molar-refractivity contribution in [1.29, 1.82) is 0 Å². The Bertz CT molecular complexity index is 785. The first kappa shape index (κ1) is 14.3. The second-order valence-electron chi connectivity index (χ2n) is 4.90. The van der Waals surface area contributed by atoms with E-state index in [4.69, 9.17) is 11.6 Å². The van der Waals surface area contributed by atoms with E-state index in [1.807, 2.05) is 17.9 Å². The second-order valence-corrected chi connectivity index (χ2v) is 6.27. The average Bonchev–Trinajstić information content (AvgIpc) is 2.78. The van der Waals surface area contributed by atoms with Crippen LogP contribution in [0.1, 0.15) is 0 Å². The molecule has 1 aliphatic rings. The minimum absolute atomic E-state index is 0.239. The summed E-state index contributed by atoms with van der Waals surface area (Å²) in [6, 6.07) is 1.65. The van der Waals surface area contributed by atoms with Crippen LogP contribution in [0, 0.1) is 0 Å². The van der Waals surface area contributed by atoms with Crippen molar-refractivity contribution in [2.45, 2.75) is 0 Å². The van der Waals surface area contributed by atoms with Crippen LogP contribution in [0.15, 0.2) is 17.1 Å². The van der Waals surface area contributed by atoms with E-state index in [9.17, 15) is 9.59 Å². The predicted octanol–water partition coefficient (Wildman–Crippen LogP) is 0.989. The molecule has 0 amide bonds. The van der Waals surface area contributed by atoms with E-state index in [1.54, 1.807) is 6.07 Å². The third kappa shape index (κ3) is 2.61. The topological polar surface area (TPSA) is 58.4 Å². The highest BCUT2D eigenvalue weighted by atomic mass is 35.5. The quantitative estimate of drug-likeness (QED) is 0.771. The Kier molecular flexibility index (Phi) is 3.82. The van der Waals surface area contributed by atoms with Gasteiger partial charge < -0.3 is 9.80 Å². The molecule has 0 N–H and O–H groups in total. The molecular weight excluding hydrogens is 312 g/mol. The summed E-state index contributed by atoms with van der Waals surface area (Å²) in [6.45, 7) is 3.03. The first-order chi connectivity index (χ1) is 10.1. The Morgan fingerprint density at radius 1 is 1.38 bits per heavy atom. The van der Waals surface area contributed by atoms with Crippen molar-refractivity contribution >= 4 is 45.0 Å². The molecule has 3 rings (SSSR count). The van der Waals surface area contributed by atoms with Gasteiger partial charge in [-0.2, -0.15) is 0 Å². The summed E-state index contributed by atoms with van der Waals surface area (Å²) >= 11 is 6.95. The molecular formula is C13H13ClN4O2S. The second kappa shape index (κ2) is 5.61. The number of likely N-dealkylation sites (N-methyl/N-ethyl adjacent to an activating group) is 1. The number of carbonyl (C=O) groups excluding carboxylic acids is 1. The number of hydrogen-bond acceptors (Lipinski definition) is 6. The molecule has 1 aliphatic heterocycles. The molecule has 0 aromatic carbocycles. The molecule has 2 aromatic rings. The monoisotopic (exact) mass is 324 g/mol. The van der Waals surface area contributed by atoms with Crippen molar-refractivity contribution in [1.82, 2.24) is 19.4 Å². The van der Waals surface area contributed by atoms with Crippen LogP contribution in [0.2, 0.25) is 5.02 Å². The molecule has 6 nitrogen and oxygen atoms in total. The molecule has 21 heavy (non-hydrogen) atoms. The van der Waals surface area contributed by atoms with E-state index in [-0.39, 0.29) is 10.7 Å². The van der Waals surface area contributed by atoms with Crippen LogP contribution < -0.4 is 4.87 Å². The van der Waals surface area contributed by atoms with E-state index >= 15 is 0 Å². The largest absolute Gasteiger partial charge is 0.346 e. The van der Waals surface area contributed by atoms with Gasteiger partial charge in [-0.25, -0.2) is 14.3 Å². The molecule has 0 unspecified atom stereocenters. The first-order valence-electron chi connectivity index (χ1n) is 6.46. The third-order valence-corrected chi connectivity index (χ3v) is 4.58. The molecule has 1 fully saturated rings. The van der Waals surface area contributed by atoms with Gasteiger partial charge in [-0.05, 0) is 13.1 Å². The van der Waals surface area contributed by atoms with Crippen LogP contribution in [0.3, 0.4) is 0 Å². The molecule has 0 radical (unpaired) electrons. The normalized spacial score (nSPS) is 16.2. The van der Waals surface area contributed by atoms with E-state index in [2.05, 4.69) is 9.88 Å². The third-order valence-electron chi connectivity index (χ3n) is 3.51. The first-order valence-corrected chi connectivity index (χ1v) is 7.65. The molecule has 110 valence electrons. The van der Waals surface area contributed by atoms with Gasteiger partial charge in [0.1, 0.15) is 4.83 Å². The molecule has 3 heterocycles. The van der Waals surface area contributed by atoms with Crippen molar-refractivity contribution in [2.24, 2.45) is 0 Å². The van der Waals surface area contributed by atoms with Gasteiger partial charge in [-0.15, -0.1) is 0 Å². The van der Waals surface area contributed by atoms with Gasteiger partial charge >= 0.3 is 4.87 Å². The lowest BCUT2D eigenvalue weighted by molar-refractivity contribution is 0.202. The Balaban J connectivity index is 2.09. The van der Waals surface area contributed by atoms with Crippen LogP contribution in [0.5, 0.6) is 0 Å². The molecule has 0 spiro atoms.